The Morgan fingerprint density at radius 2 is 1.47 bits per heavy atom. The van der Waals surface area contributed by atoms with Crippen molar-refractivity contribution >= 4 is 5.69 Å². The molecule has 5 rings (SSSR count). The number of aliphatic hydroxyl groups is 2. The zero-order valence-corrected chi connectivity index (χ0v) is 19.8. The fourth-order valence-electron chi connectivity index (χ4n) is 5.83. The lowest BCUT2D eigenvalue weighted by Crippen LogP contribution is -2.47. The molecule has 2 N–H and O–H groups in total. The van der Waals surface area contributed by atoms with Crippen LogP contribution in [0.1, 0.15) is 41.7 Å². The highest BCUT2D eigenvalue weighted by molar-refractivity contribution is 5.51. The van der Waals surface area contributed by atoms with E-state index in [0.717, 1.165) is 68.0 Å². The highest BCUT2D eigenvalue weighted by atomic mass is 16.5. The minimum atomic E-state index is -0.717. The zero-order chi connectivity index (χ0) is 23.5. The number of rotatable bonds is 7. The summed E-state index contributed by atoms with van der Waals surface area (Å²) in [6, 6.07) is 26.1. The maximum absolute atomic E-state index is 11.5. The third-order valence-corrected chi connectivity index (χ3v) is 7.73. The largest absolute Gasteiger partial charge is 0.497 e. The lowest BCUT2D eigenvalue weighted by molar-refractivity contribution is -0.00451. The Morgan fingerprint density at radius 3 is 2.12 bits per heavy atom. The third kappa shape index (κ3) is 4.09. The van der Waals surface area contributed by atoms with Gasteiger partial charge in [-0.15, -0.1) is 0 Å². The Morgan fingerprint density at radius 1 is 0.824 bits per heavy atom. The molecule has 0 amide bonds. The molecule has 3 aromatic carbocycles. The van der Waals surface area contributed by atoms with Gasteiger partial charge in [0.05, 0.1) is 24.7 Å². The quantitative estimate of drug-likeness (QED) is 0.552. The molecule has 0 aromatic heterocycles. The second-order valence-electron chi connectivity index (χ2n) is 9.47. The van der Waals surface area contributed by atoms with E-state index in [2.05, 4.69) is 21.9 Å². The summed E-state index contributed by atoms with van der Waals surface area (Å²) in [7, 11) is 1.70. The van der Waals surface area contributed by atoms with Crippen LogP contribution in [0.25, 0.3) is 0 Å². The van der Waals surface area contributed by atoms with Gasteiger partial charge in [0.25, 0.3) is 0 Å². The normalized spacial score (nSPS) is 24.7. The van der Waals surface area contributed by atoms with Crippen molar-refractivity contribution in [1.82, 2.24) is 4.90 Å². The minimum absolute atomic E-state index is 0.715. The van der Waals surface area contributed by atoms with Gasteiger partial charge in [-0.05, 0) is 48.2 Å². The van der Waals surface area contributed by atoms with E-state index in [9.17, 15) is 10.2 Å². The van der Waals surface area contributed by atoms with Gasteiger partial charge in [0, 0.05) is 37.9 Å². The average molecular weight is 459 g/mol. The number of nitrogens with zero attached hydrogens (tertiary/aromatic N) is 2. The molecule has 2 aliphatic rings. The molecule has 3 aromatic rings. The second-order valence-corrected chi connectivity index (χ2v) is 9.47. The molecule has 34 heavy (non-hydrogen) atoms. The SMILES string of the molecule is COc1cccc(N2CCN(CCCC3(c4ccccc4)C(O)c4ccccc4C3O)CC2)c1. The van der Waals surface area contributed by atoms with Crippen molar-refractivity contribution < 1.29 is 14.9 Å². The monoisotopic (exact) mass is 458 g/mol. The Hall–Kier alpha value is -2.86. The summed E-state index contributed by atoms with van der Waals surface area (Å²) >= 11 is 0. The van der Waals surface area contributed by atoms with E-state index in [4.69, 9.17) is 4.74 Å². The van der Waals surface area contributed by atoms with E-state index in [1.807, 2.05) is 66.7 Å². The first-order valence-electron chi connectivity index (χ1n) is 12.3. The average Bonchev–Trinajstić information content (AvgIpc) is 3.12. The van der Waals surface area contributed by atoms with E-state index in [1.54, 1.807) is 7.11 Å². The standard InChI is InChI=1S/C29H34N2O3/c1-34-24-12-7-11-23(21-24)31-19-17-30(18-20-31)16-8-15-29(22-9-3-2-4-10-22)27(32)25-13-5-6-14-26(25)28(29)33/h2-7,9-14,21,27-28,32-33H,8,15-20H2,1H3. The Bertz CT molecular complexity index is 1070. The van der Waals surface area contributed by atoms with Gasteiger partial charge in [-0.2, -0.15) is 0 Å². The molecule has 1 aliphatic heterocycles. The summed E-state index contributed by atoms with van der Waals surface area (Å²) in [6.07, 6.45) is 0.206. The van der Waals surface area contributed by atoms with Crippen LogP contribution in [0.5, 0.6) is 5.75 Å². The van der Waals surface area contributed by atoms with E-state index >= 15 is 0 Å². The predicted molar refractivity (Wildman–Crippen MR) is 135 cm³/mol. The molecule has 0 bridgehead atoms. The summed E-state index contributed by atoms with van der Waals surface area (Å²) in [6.45, 7) is 4.92. The van der Waals surface area contributed by atoms with Gasteiger partial charge < -0.3 is 19.8 Å². The number of benzene rings is 3. The van der Waals surface area contributed by atoms with Crippen LogP contribution in [0.15, 0.2) is 78.9 Å². The van der Waals surface area contributed by atoms with Crippen molar-refractivity contribution in [2.24, 2.45) is 0 Å². The number of aliphatic hydroxyl groups excluding tert-OH is 2. The molecule has 1 aliphatic carbocycles. The van der Waals surface area contributed by atoms with Gasteiger partial charge in [-0.3, -0.25) is 4.90 Å². The van der Waals surface area contributed by atoms with Crippen LogP contribution in [-0.4, -0.2) is 54.9 Å². The van der Waals surface area contributed by atoms with Crippen molar-refractivity contribution in [2.45, 2.75) is 30.5 Å². The Balaban J connectivity index is 1.25. The highest BCUT2D eigenvalue weighted by Gasteiger charge is 2.52. The lowest BCUT2D eigenvalue weighted by Gasteiger charge is -2.39. The highest BCUT2D eigenvalue weighted by Crippen LogP contribution is 2.56. The number of piperazine rings is 1. The Kier molecular flexibility index (Phi) is 6.59. The second kappa shape index (κ2) is 9.79. The summed E-state index contributed by atoms with van der Waals surface area (Å²) in [5.74, 6) is 0.890. The molecular weight excluding hydrogens is 424 g/mol. The fraction of sp³-hybridized carbons (Fsp3) is 0.379. The predicted octanol–water partition coefficient (Wildman–Crippen LogP) is 4.32. The van der Waals surface area contributed by atoms with Crippen LogP contribution < -0.4 is 9.64 Å². The van der Waals surface area contributed by atoms with Gasteiger partial charge in [0.2, 0.25) is 0 Å². The topological polar surface area (TPSA) is 56.2 Å². The molecule has 5 nitrogen and oxygen atoms in total. The van der Waals surface area contributed by atoms with Crippen LogP contribution in [0.4, 0.5) is 5.69 Å². The first-order valence-corrected chi connectivity index (χ1v) is 12.3. The van der Waals surface area contributed by atoms with Crippen LogP contribution in [0.3, 0.4) is 0 Å². The van der Waals surface area contributed by atoms with Crippen molar-refractivity contribution in [3.8, 4) is 5.75 Å². The van der Waals surface area contributed by atoms with Crippen LogP contribution in [-0.2, 0) is 5.41 Å². The summed E-state index contributed by atoms with van der Waals surface area (Å²) < 4.78 is 5.38. The molecule has 2 atom stereocenters. The summed E-state index contributed by atoms with van der Waals surface area (Å²) in [5, 5.41) is 22.9. The van der Waals surface area contributed by atoms with E-state index < -0.39 is 17.6 Å². The molecule has 1 heterocycles. The molecule has 5 heteroatoms. The van der Waals surface area contributed by atoms with Crippen LogP contribution >= 0.6 is 0 Å². The smallest absolute Gasteiger partial charge is 0.120 e. The van der Waals surface area contributed by atoms with Crippen LogP contribution in [0, 0.1) is 0 Å². The van der Waals surface area contributed by atoms with E-state index in [-0.39, 0.29) is 0 Å². The first kappa shape index (κ1) is 22.9. The number of hydrogen-bond acceptors (Lipinski definition) is 5. The van der Waals surface area contributed by atoms with E-state index in [0.29, 0.717) is 0 Å². The molecule has 0 spiro atoms. The molecule has 2 unspecified atom stereocenters. The number of hydrogen-bond donors (Lipinski definition) is 2. The molecule has 178 valence electrons. The molecule has 0 radical (unpaired) electrons. The maximum Gasteiger partial charge on any atom is 0.120 e. The number of methoxy groups -OCH3 is 1. The van der Waals surface area contributed by atoms with Gasteiger partial charge in [0.1, 0.15) is 5.75 Å². The molecule has 1 saturated heterocycles. The van der Waals surface area contributed by atoms with Gasteiger partial charge in [-0.25, -0.2) is 0 Å². The first-order chi connectivity index (χ1) is 16.6. The van der Waals surface area contributed by atoms with Gasteiger partial charge in [-0.1, -0.05) is 60.7 Å². The number of anilines is 1. The van der Waals surface area contributed by atoms with Crippen molar-refractivity contribution in [3.05, 3.63) is 95.6 Å². The third-order valence-electron chi connectivity index (χ3n) is 7.73. The van der Waals surface area contributed by atoms with Crippen molar-refractivity contribution in [2.75, 3.05) is 44.7 Å². The molecular formula is C29H34N2O3. The molecule has 0 saturated carbocycles. The van der Waals surface area contributed by atoms with Crippen LogP contribution in [0.2, 0.25) is 0 Å². The van der Waals surface area contributed by atoms with Crippen molar-refractivity contribution in [1.29, 1.82) is 0 Å². The minimum Gasteiger partial charge on any atom is -0.497 e. The zero-order valence-electron chi connectivity index (χ0n) is 19.8. The maximum atomic E-state index is 11.5. The van der Waals surface area contributed by atoms with Crippen molar-refractivity contribution in [3.63, 3.8) is 0 Å². The number of fused-ring (bicyclic) bond motifs is 1. The van der Waals surface area contributed by atoms with Gasteiger partial charge >= 0.3 is 0 Å². The Labute approximate surface area is 202 Å². The molecule has 1 fully saturated rings. The summed E-state index contributed by atoms with van der Waals surface area (Å²) in [5.41, 5.74) is 3.20. The van der Waals surface area contributed by atoms with E-state index in [1.165, 1.54) is 5.69 Å². The summed E-state index contributed by atoms with van der Waals surface area (Å²) in [4.78, 5) is 4.90. The van der Waals surface area contributed by atoms with Gasteiger partial charge in [0.15, 0.2) is 0 Å². The number of ether oxygens (including phenoxy) is 1. The lowest BCUT2D eigenvalue weighted by atomic mass is 9.71. The fourth-order valence-corrected chi connectivity index (χ4v) is 5.83.